The number of carbonyl (C=O) groups excluding carboxylic acids is 1. The number of hydrogen-bond donors (Lipinski definition) is 1. The number of carbonyl (C=O) groups is 1. The highest BCUT2D eigenvalue weighted by atomic mass is 28.4. The molecule has 1 N–H and O–H groups in total. The Labute approximate surface area is 242 Å². The van der Waals surface area contributed by atoms with Gasteiger partial charge in [-0.2, -0.15) is 0 Å². The van der Waals surface area contributed by atoms with Crippen LogP contribution in [0, 0.1) is 0 Å². The molecule has 0 fully saturated rings. The molecule has 9 heteroatoms. The second-order valence-corrected chi connectivity index (χ2v) is 16.0. The summed E-state index contributed by atoms with van der Waals surface area (Å²) >= 11 is 0. The highest BCUT2D eigenvalue weighted by Crippen LogP contribution is 2.44. The number of methoxy groups -OCH3 is 5. The number of benzene rings is 3. The van der Waals surface area contributed by atoms with Crippen molar-refractivity contribution in [3.63, 3.8) is 0 Å². The zero-order valence-corrected chi connectivity index (χ0v) is 26.5. The first kappa shape index (κ1) is 29.9. The van der Waals surface area contributed by atoms with Crippen molar-refractivity contribution in [2.75, 3.05) is 35.5 Å². The van der Waals surface area contributed by atoms with Crippen LogP contribution < -0.4 is 28.1 Å². The summed E-state index contributed by atoms with van der Waals surface area (Å²) in [6.07, 6.45) is 0. The minimum absolute atomic E-state index is 0.0146. The van der Waals surface area contributed by atoms with Gasteiger partial charge in [0.25, 0.3) is 8.32 Å². The van der Waals surface area contributed by atoms with Crippen molar-refractivity contribution in [3.8, 4) is 45.8 Å². The first-order chi connectivity index (χ1) is 19.4. The van der Waals surface area contributed by atoms with E-state index in [1.165, 1.54) is 21.3 Å². The molecule has 0 saturated carbocycles. The fraction of sp³-hybridized carbons (Fsp3) is 0.344. The molecule has 8 nitrogen and oxygen atoms in total. The lowest BCUT2D eigenvalue weighted by atomic mass is 9.96. The summed E-state index contributed by atoms with van der Waals surface area (Å²) < 4.78 is 34.3. The van der Waals surface area contributed by atoms with E-state index in [1.54, 1.807) is 26.4 Å². The van der Waals surface area contributed by atoms with Gasteiger partial charge in [-0.15, -0.1) is 0 Å². The number of H-pyrrole nitrogens is 1. The molecular weight excluding hydrogens is 538 g/mol. The maximum atomic E-state index is 14.3. The minimum Gasteiger partial charge on any atom is -0.541 e. The van der Waals surface area contributed by atoms with Gasteiger partial charge in [0.15, 0.2) is 23.0 Å². The molecule has 0 radical (unpaired) electrons. The number of aromatic nitrogens is 1. The summed E-state index contributed by atoms with van der Waals surface area (Å²) in [5.41, 5.74) is 3.09. The van der Waals surface area contributed by atoms with Crippen molar-refractivity contribution in [1.29, 1.82) is 0 Å². The van der Waals surface area contributed by atoms with Gasteiger partial charge in [-0.25, -0.2) is 0 Å². The van der Waals surface area contributed by atoms with Crippen LogP contribution in [0.5, 0.6) is 34.5 Å². The molecule has 3 aromatic carbocycles. The second kappa shape index (κ2) is 11.4. The van der Waals surface area contributed by atoms with Crippen LogP contribution in [0.15, 0.2) is 48.5 Å². The molecule has 0 aliphatic heterocycles. The number of ether oxygens (including phenoxy) is 5. The summed E-state index contributed by atoms with van der Waals surface area (Å²) in [5.74, 6) is 2.94. The molecule has 1 aromatic heterocycles. The van der Waals surface area contributed by atoms with Crippen LogP contribution in [0.25, 0.3) is 22.2 Å². The Morgan fingerprint density at radius 2 is 1.37 bits per heavy atom. The molecule has 0 amide bonds. The highest BCUT2D eigenvalue weighted by molar-refractivity contribution is 6.74. The predicted octanol–water partition coefficient (Wildman–Crippen LogP) is 7.49. The van der Waals surface area contributed by atoms with Gasteiger partial charge in [-0.3, -0.25) is 4.79 Å². The Bertz CT molecular complexity index is 1560. The molecule has 0 unspecified atom stereocenters. The van der Waals surface area contributed by atoms with Crippen LogP contribution in [-0.4, -0.2) is 54.6 Å². The number of ketones is 1. The normalized spacial score (nSPS) is 11.8. The summed E-state index contributed by atoms with van der Waals surface area (Å²) in [4.78, 5) is 17.8. The lowest BCUT2D eigenvalue weighted by molar-refractivity contribution is 0.104. The summed E-state index contributed by atoms with van der Waals surface area (Å²) in [5, 5.41) is 0.737. The minimum atomic E-state index is -2.19. The monoisotopic (exact) mass is 577 g/mol. The molecule has 0 saturated heterocycles. The van der Waals surface area contributed by atoms with Crippen LogP contribution in [0.2, 0.25) is 18.1 Å². The van der Waals surface area contributed by atoms with Crippen molar-refractivity contribution in [3.05, 3.63) is 59.7 Å². The second-order valence-electron chi connectivity index (χ2n) is 11.3. The Morgan fingerprint density at radius 1 is 0.732 bits per heavy atom. The lowest BCUT2D eigenvalue weighted by Gasteiger charge is -2.36. The number of nitrogens with one attached hydrogen (secondary N) is 1. The van der Waals surface area contributed by atoms with E-state index in [0.717, 1.165) is 16.5 Å². The van der Waals surface area contributed by atoms with E-state index < -0.39 is 8.32 Å². The summed E-state index contributed by atoms with van der Waals surface area (Å²) in [7, 11) is 5.62. The smallest absolute Gasteiger partial charge is 0.250 e. The number of fused-ring (bicyclic) bond motifs is 1. The average Bonchev–Trinajstić information content (AvgIpc) is 3.33. The number of hydrogen-bond acceptors (Lipinski definition) is 7. The van der Waals surface area contributed by atoms with Crippen molar-refractivity contribution in [2.45, 2.75) is 38.9 Å². The third kappa shape index (κ3) is 5.59. The standard InChI is InChI=1S/C32H39NO7Si/c1-32(2,3)41(9,10)40-25-15-19(11-14-24(25)36-5)29-28(22-13-12-21(35-4)18-23(22)33-29)30(34)20-16-26(37-6)31(39-8)27(17-20)38-7/h11-18,33H,1-10H3. The van der Waals surface area contributed by atoms with Crippen molar-refractivity contribution in [2.24, 2.45) is 0 Å². The van der Waals surface area contributed by atoms with Crippen molar-refractivity contribution < 1.29 is 32.9 Å². The molecule has 0 aliphatic carbocycles. The average molecular weight is 578 g/mol. The van der Waals surface area contributed by atoms with Crippen molar-refractivity contribution >= 4 is 25.0 Å². The van der Waals surface area contributed by atoms with E-state index >= 15 is 0 Å². The number of aromatic amines is 1. The Balaban J connectivity index is 1.95. The van der Waals surface area contributed by atoms with Crippen LogP contribution >= 0.6 is 0 Å². The molecule has 0 spiro atoms. The van der Waals surface area contributed by atoms with E-state index in [2.05, 4.69) is 38.8 Å². The van der Waals surface area contributed by atoms with Gasteiger partial charge in [-0.05, 0) is 60.6 Å². The topological polar surface area (TPSA) is 88.2 Å². The largest absolute Gasteiger partial charge is 0.541 e. The van der Waals surface area contributed by atoms with Gasteiger partial charge in [0.2, 0.25) is 5.75 Å². The van der Waals surface area contributed by atoms with Crippen molar-refractivity contribution in [1.82, 2.24) is 4.98 Å². The molecule has 0 atom stereocenters. The van der Waals surface area contributed by atoms with Crippen LogP contribution in [-0.2, 0) is 0 Å². The van der Waals surface area contributed by atoms with E-state index in [0.29, 0.717) is 51.3 Å². The molecule has 1 heterocycles. The molecular formula is C32H39NO7Si. The molecule has 4 rings (SSSR count). The maximum absolute atomic E-state index is 14.3. The summed E-state index contributed by atoms with van der Waals surface area (Å²) in [6, 6.07) is 14.7. The Morgan fingerprint density at radius 3 is 1.90 bits per heavy atom. The first-order valence-electron chi connectivity index (χ1n) is 13.3. The van der Waals surface area contributed by atoms with E-state index in [9.17, 15) is 4.79 Å². The van der Waals surface area contributed by atoms with Gasteiger partial charge >= 0.3 is 0 Å². The lowest BCUT2D eigenvalue weighted by Crippen LogP contribution is -2.43. The summed E-state index contributed by atoms with van der Waals surface area (Å²) in [6.45, 7) is 10.9. The van der Waals surface area contributed by atoms with Gasteiger partial charge in [0, 0.05) is 22.6 Å². The highest BCUT2D eigenvalue weighted by Gasteiger charge is 2.39. The van der Waals surface area contributed by atoms with Gasteiger partial charge < -0.3 is 33.1 Å². The van der Waals surface area contributed by atoms with Gasteiger partial charge in [-0.1, -0.05) is 20.8 Å². The van der Waals surface area contributed by atoms with Crippen LogP contribution in [0.4, 0.5) is 0 Å². The zero-order chi connectivity index (χ0) is 30.1. The Hall–Kier alpha value is -4.11. The van der Waals surface area contributed by atoms with E-state index in [4.69, 9.17) is 28.1 Å². The zero-order valence-electron chi connectivity index (χ0n) is 25.5. The quantitative estimate of drug-likeness (QED) is 0.154. The first-order valence-corrected chi connectivity index (χ1v) is 16.2. The predicted molar refractivity (Wildman–Crippen MR) is 164 cm³/mol. The molecule has 0 aliphatic rings. The number of rotatable bonds is 10. The molecule has 41 heavy (non-hydrogen) atoms. The van der Waals surface area contributed by atoms with E-state index in [1.807, 2.05) is 36.4 Å². The Kier molecular flexibility index (Phi) is 8.31. The SMILES string of the molecule is COc1ccc2c(C(=O)c3cc(OC)c(OC)c(OC)c3)c(-c3ccc(OC)c(O[Si](C)(C)C(C)(C)C)c3)[nH]c2c1. The molecule has 0 bridgehead atoms. The van der Waals surface area contributed by atoms with Gasteiger partial charge in [0.05, 0.1) is 52.3 Å². The maximum Gasteiger partial charge on any atom is 0.250 e. The molecule has 218 valence electrons. The molecule has 4 aromatic rings. The third-order valence-electron chi connectivity index (χ3n) is 7.78. The van der Waals surface area contributed by atoms with Gasteiger partial charge in [0.1, 0.15) is 11.5 Å². The fourth-order valence-corrected chi connectivity index (χ4v) is 5.47. The van der Waals surface area contributed by atoms with E-state index in [-0.39, 0.29) is 10.8 Å². The van der Waals surface area contributed by atoms with Crippen LogP contribution in [0.3, 0.4) is 0 Å². The van der Waals surface area contributed by atoms with Crippen LogP contribution in [0.1, 0.15) is 36.7 Å². The third-order valence-corrected chi connectivity index (χ3v) is 12.1. The fourth-order valence-electron chi connectivity index (χ4n) is 4.45.